The molecular weight excluding hydrogens is 269 g/mol. The summed E-state index contributed by atoms with van der Waals surface area (Å²) in [6.45, 7) is 0. The summed E-state index contributed by atoms with van der Waals surface area (Å²) in [7, 11) is 0. The van der Waals surface area contributed by atoms with Gasteiger partial charge >= 0.3 is 0 Å². The molecule has 3 nitrogen and oxygen atoms in total. The Hall–Kier alpha value is -2.38. The molecule has 0 aliphatic carbocycles. The molecule has 2 aromatic rings. The molecule has 0 saturated heterocycles. The minimum atomic E-state index is -0.498. The van der Waals surface area contributed by atoms with Crippen LogP contribution in [0.15, 0.2) is 36.4 Å². The second kappa shape index (κ2) is 5.51. The zero-order valence-corrected chi connectivity index (χ0v) is 10.3. The third kappa shape index (κ3) is 2.90. The van der Waals surface area contributed by atoms with Crippen LogP contribution in [0.3, 0.4) is 0 Å². The van der Waals surface area contributed by atoms with Crippen LogP contribution in [-0.4, -0.2) is 6.29 Å². The first-order chi connectivity index (χ1) is 9.13. The van der Waals surface area contributed by atoms with Crippen LogP contribution >= 0.6 is 11.6 Å². The maximum atomic E-state index is 13.1. The minimum absolute atomic E-state index is 0.108. The Morgan fingerprint density at radius 2 is 2.00 bits per heavy atom. The van der Waals surface area contributed by atoms with Crippen molar-refractivity contribution in [3.05, 3.63) is 58.4 Å². The van der Waals surface area contributed by atoms with Crippen molar-refractivity contribution in [2.24, 2.45) is 0 Å². The van der Waals surface area contributed by atoms with E-state index in [-0.39, 0.29) is 22.1 Å². The van der Waals surface area contributed by atoms with Gasteiger partial charge in [0.15, 0.2) is 0 Å². The van der Waals surface area contributed by atoms with Crippen molar-refractivity contribution in [3.63, 3.8) is 0 Å². The van der Waals surface area contributed by atoms with Crippen LogP contribution in [0.1, 0.15) is 15.9 Å². The normalized spacial score (nSPS) is 9.74. The highest BCUT2D eigenvalue weighted by Gasteiger charge is 2.09. The van der Waals surface area contributed by atoms with Gasteiger partial charge < -0.3 is 4.74 Å². The molecule has 0 aromatic heterocycles. The monoisotopic (exact) mass is 275 g/mol. The topological polar surface area (TPSA) is 50.1 Å². The average Bonchev–Trinajstić information content (AvgIpc) is 2.43. The molecule has 0 atom stereocenters. The fraction of sp³-hybridized carbons (Fsp3) is 0. The molecular formula is C14H7ClFNO2. The number of hydrogen-bond donors (Lipinski definition) is 0. The van der Waals surface area contributed by atoms with Crippen LogP contribution in [0, 0.1) is 17.1 Å². The highest BCUT2D eigenvalue weighted by molar-refractivity contribution is 6.32. The first kappa shape index (κ1) is 13.1. The minimum Gasteiger partial charge on any atom is -0.454 e. The van der Waals surface area contributed by atoms with Gasteiger partial charge in [0, 0.05) is 11.6 Å². The number of nitriles is 1. The molecule has 0 aliphatic rings. The van der Waals surface area contributed by atoms with Gasteiger partial charge in [0.1, 0.15) is 29.7 Å². The number of carbonyl (C=O) groups excluding carboxylic acids is 1. The zero-order valence-electron chi connectivity index (χ0n) is 9.56. The molecule has 2 aromatic carbocycles. The lowest BCUT2D eigenvalue weighted by molar-refractivity contribution is 0.112. The Morgan fingerprint density at radius 3 is 2.68 bits per heavy atom. The second-order valence-electron chi connectivity index (χ2n) is 3.66. The third-order valence-electron chi connectivity index (χ3n) is 2.37. The summed E-state index contributed by atoms with van der Waals surface area (Å²) in [5.74, 6) is -0.181. The number of benzene rings is 2. The van der Waals surface area contributed by atoms with Crippen molar-refractivity contribution < 1.29 is 13.9 Å². The van der Waals surface area contributed by atoms with Crippen LogP contribution in [0.5, 0.6) is 11.5 Å². The molecule has 94 valence electrons. The summed E-state index contributed by atoms with van der Waals surface area (Å²) in [4.78, 5) is 10.6. The van der Waals surface area contributed by atoms with E-state index < -0.39 is 5.82 Å². The molecule has 19 heavy (non-hydrogen) atoms. The zero-order chi connectivity index (χ0) is 13.8. The van der Waals surface area contributed by atoms with Gasteiger partial charge in [-0.05, 0) is 30.3 Å². The summed E-state index contributed by atoms with van der Waals surface area (Å²) in [5.41, 5.74) is 0.527. The summed E-state index contributed by atoms with van der Waals surface area (Å²) in [6.07, 6.45) is 0.625. The van der Waals surface area contributed by atoms with Crippen LogP contribution in [-0.2, 0) is 0 Å². The van der Waals surface area contributed by atoms with Crippen LogP contribution in [0.4, 0.5) is 4.39 Å². The predicted molar refractivity (Wildman–Crippen MR) is 68.0 cm³/mol. The summed E-state index contributed by atoms with van der Waals surface area (Å²) < 4.78 is 18.5. The standard InChI is InChI=1S/C14H7ClFNO2/c15-12-3-2-11(16)6-14(12)19-13-4-1-9(8-18)5-10(13)7-17/h1-6,8H. The van der Waals surface area contributed by atoms with E-state index in [2.05, 4.69) is 0 Å². The molecule has 0 fully saturated rings. The summed E-state index contributed by atoms with van der Waals surface area (Å²) in [5, 5.41) is 9.21. The number of rotatable bonds is 3. The quantitative estimate of drug-likeness (QED) is 0.797. The van der Waals surface area contributed by atoms with Gasteiger partial charge in [-0.25, -0.2) is 4.39 Å². The van der Waals surface area contributed by atoms with Gasteiger partial charge in [-0.1, -0.05) is 11.6 Å². The molecule has 0 amide bonds. The van der Waals surface area contributed by atoms with Gasteiger partial charge in [0.2, 0.25) is 0 Å². The molecule has 0 bridgehead atoms. The van der Waals surface area contributed by atoms with Crippen molar-refractivity contribution in [3.8, 4) is 17.6 Å². The molecule has 0 heterocycles. The Morgan fingerprint density at radius 1 is 1.21 bits per heavy atom. The van der Waals surface area contributed by atoms with E-state index in [1.807, 2.05) is 6.07 Å². The first-order valence-electron chi connectivity index (χ1n) is 5.26. The van der Waals surface area contributed by atoms with E-state index >= 15 is 0 Å². The van der Waals surface area contributed by atoms with Crippen LogP contribution in [0.2, 0.25) is 5.02 Å². The lowest BCUT2D eigenvalue weighted by Crippen LogP contribution is -1.91. The fourth-order valence-corrected chi connectivity index (χ4v) is 1.63. The number of halogens is 2. The third-order valence-corrected chi connectivity index (χ3v) is 2.69. The van der Waals surface area contributed by atoms with Gasteiger partial charge in [-0.15, -0.1) is 0 Å². The van der Waals surface area contributed by atoms with E-state index in [4.69, 9.17) is 21.6 Å². The smallest absolute Gasteiger partial charge is 0.150 e. The molecule has 0 spiro atoms. The SMILES string of the molecule is N#Cc1cc(C=O)ccc1Oc1cc(F)ccc1Cl. The van der Waals surface area contributed by atoms with E-state index in [0.29, 0.717) is 11.8 Å². The van der Waals surface area contributed by atoms with E-state index in [9.17, 15) is 9.18 Å². The molecule has 0 saturated carbocycles. The lowest BCUT2D eigenvalue weighted by Gasteiger charge is -2.09. The Labute approximate surface area is 113 Å². The number of nitrogens with zero attached hydrogens (tertiary/aromatic N) is 1. The molecule has 2 rings (SSSR count). The van der Waals surface area contributed by atoms with Crippen molar-refractivity contribution in [1.82, 2.24) is 0 Å². The first-order valence-corrected chi connectivity index (χ1v) is 5.64. The lowest BCUT2D eigenvalue weighted by atomic mass is 10.1. The van der Waals surface area contributed by atoms with E-state index in [0.717, 1.165) is 6.07 Å². The Balaban J connectivity index is 2.41. The second-order valence-corrected chi connectivity index (χ2v) is 4.07. The molecule has 0 N–H and O–H groups in total. The Kier molecular flexibility index (Phi) is 3.79. The maximum absolute atomic E-state index is 13.1. The number of ether oxygens (including phenoxy) is 1. The molecule has 0 unspecified atom stereocenters. The summed E-state index contributed by atoms with van der Waals surface area (Å²) >= 11 is 5.87. The largest absolute Gasteiger partial charge is 0.454 e. The number of hydrogen-bond acceptors (Lipinski definition) is 3. The summed E-state index contributed by atoms with van der Waals surface area (Å²) in [6, 6.07) is 9.93. The fourth-order valence-electron chi connectivity index (χ4n) is 1.47. The van der Waals surface area contributed by atoms with Crippen molar-refractivity contribution in [1.29, 1.82) is 5.26 Å². The molecule has 0 aliphatic heterocycles. The highest BCUT2D eigenvalue weighted by Crippen LogP contribution is 2.31. The van der Waals surface area contributed by atoms with Gasteiger partial charge in [-0.2, -0.15) is 5.26 Å². The van der Waals surface area contributed by atoms with Gasteiger partial charge in [0.05, 0.1) is 10.6 Å². The van der Waals surface area contributed by atoms with Crippen LogP contribution in [0.25, 0.3) is 0 Å². The van der Waals surface area contributed by atoms with Gasteiger partial charge in [0.25, 0.3) is 0 Å². The molecule has 0 radical (unpaired) electrons. The Bertz CT molecular complexity index is 680. The van der Waals surface area contributed by atoms with Crippen molar-refractivity contribution >= 4 is 17.9 Å². The van der Waals surface area contributed by atoms with Crippen molar-refractivity contribution in [2.45, 2.75) is 0 Å². The average molecular weight is 276 g/mol. The van der Waals surface area contributed by atoms with E-state index in [1.54, 1.807) is 0 Å². The van der Waals surface area contributed by atoms with E-state index in [1.165, 1.54) is 30.3 Å². The molecule has 5 heteroatoms. The number of aldehydes is 1. The highest BCUT2D eigenvalue weighted by atomic mass is 35.5. The van der Waals surface area contributed by atoms with Gasteiger partial charge in [-0.3, -0.25) is 4.79 Å². The van der Waals surface area contributed by atoms with Crippen molar-refractivity contribution in [2.75, 3.05) is 0 Å². The predicted octanol–water partition coefficient (Wildman–Crippen LogP) is 3.96. The number of carbonyl (C=O) groups is 1. The van der Waals surface area contributed by atoms with Crippen LogP contribution < -0.4 is 4.74 Å². The maximum Gasteiger partial charge on any atom is 0.150 e.